The molecule has 5 aliphatic carbocycles. The maximum Gasteiger partial charge on any atom is 0.0648 e. The van der Waals surface area contributed by atoms with E-state index in [2.05, 4.69) is 13.2 Å². The van der Waals surface area contributed by atoms with Gasteiger partial charge < -0.3 is 9.84 Å². The molecule has 5 aliphatic rings. The molecule has 5 saturated carbocycles. The average molecular weight is 457 g/mol. The summed E-state index contributed by atoms with van der Waals surface area (Å²) in [5.41, 5.74) is 0.597. The van der Waals surface area contributed by atoms with Crippen molar-refractivity contribution in [3.05, 3.63) is 25.3 Å². The molecule has 2 heteroatoms. The summed E-state index contributed by atoms with van der Waals surface area (Å²) in [5, 5.41) is 10.3. The third kappa shape index (κ3) is 5.04. The molecule has 0 saturated heterocycles. The van der Waals surface area contributed by atoms with Gasteiger partial charge in [-0.25, -0.2) is 0 Å². The molecule has 1 N–H and O–H groups in total. The van der Waals surface area contributed by atoms with Crippen LogP contribution in [-0.4, -0.2) is 23.9 Å². The monoisotopic (exact) mass is 456 g/mol. The Bertz CT molecular complexity index is 588. The first-order chi connectivity index (χ1) is 16.2. The third-order valence-electron chi connectivity index (χ3n) is 10.7. The second-order valence-electron chi connectivity index (χ2n) is 12.1. The van der Waals surface area contributed by atoms with Crippen LogP contribution in [0.2, 0.25) is 0 Å². The molecule has 0 aliphatic heterocycles. The molecule has 188 valence electrons. The molecule has 0 aromatic heterocycles. The summed E-state index contributed by atoms with van der Waals surface area (Å²) in [7, 11) is 0. The molecule has 33 heavy (non-hydrogen) atoms. The third-order valence-corrected chi connectivity index (χ3v) is 10.7. The highest BCUT2D eigenvalue weighted by Gasteiger charge is 2.65. The molecule has 5 fully saturated rings. The molecule has 4 unspecified atom stereocenters. The van der Waals surface area contributed by atoms with Gasteiger partial charge in [0.25, 0.3) is 0 Å². The minimum atomic E-state index is -0.0213. The van der Waals surface area contributed by atoms with Crippen molar-refractivity contribution in [3.63, 3.8) is 0 Å². The van der Waals surface area contributed by atoms with Crippen LogP contribution in [-0.2, 0) is 4.74 Å². The zero-order chi connectivity index (χ0) is 23.3. The molecular weight excluding hydrogens is 404 g/mol. The minimum Gasteiger partial charge on any atom is -0.393 e. The SMILES string of the molecule is C=CC.C=CCOC1CCC(C2(C3CCC(O)CC3)C3CCCCC3C3CCCCC32)CC1. The number of aliphatic hydroxyl groups is 1. The van der Waals surface area contributed by atoms with Crippen LogP contribution < -0.4 is 0 Å². The van der Waals surface area contributed by atoms with Crippen molar-refractivity contribution in [2.45, 2.75) is 122 Å². The number of aliphatic hydroxyl groups excluding tert-OH is 1. The summed E-state index contributed by atoms with van der Waals surface area (Å²) >= 11 is 0. The Morgan fingerprint density at radius 1 is 0.727 bits per heavy atom. The lowest BCUT2D eigenvalue weighted by Gasteiger charge is -2.56. The van der Waals surface area contributed by atoms with Crippen molar-refractivity contribution >= 4 is 0 Å². The maximum atomic E-state index is 10.3. The highest BCUT2D eigenvalue weighted by molar-refractivity contribution is 5.13. The fourth-order valence-corrected chi connectivity index (χ4v) is 9.91. The first-order valence-electron chi connectivity index (χ1n) is 14.6. The van der Waals surface area contributed by atoms with E-state index >= 15 is 0 Å². The largest absolute Gasteiger partial charge is 0.393 e. The summed E-state index contributed by atoms with van der Waals surface area (Å²) in [4.78, 5) is 0. The van der Waals surface area contributed by atoms with Crippen molar-refractivity contribution in [1.82, 2.24) is 0 Å². The van der Waals surface area contributed by atoms with Crippen LogP contribution >= 0.6 is 0 Å². The van der Waals surface area contributed by atoms with Crippen molar-refractivity contribution in [2.24, 2.45) is 40.9 Å². The van der Waals surface area contributed by atoms with Crippen LogP contribution in [0, 0.1) is 40.9 Å². The lowest BCUT2D eigenvalue weighted by Crippen LogP contribution is -2.50. The summed E-state index contributed by atoms with van der Waals surface area (Å²) in [6.45, 7) is 9.81. The minimum absolute atomic E-state index is 0.0213. The van der Waals surface area contributed by atoms with E-state index in [0.717, 1.165) is 55.0 Å². The Hall–Kier alpha value is -0.600. The lowest BCUT2D eigenvalue weighted by atomic mass is 9.48. The second kappa shape index (κ2) is 11.9. The van der Waals surface area contributed by atoms with Gasteiger partial charge in [0.15, 0.2) is 0 Å². The Morgan fingerprint density at radius 2 is 1.18 bits per heavy atom. The van der Waals surface area contributed by atoms with E-state index in [0.29, 0.717) is 11.5 Å². The zero-order valence-corrected chi connectivity index (χ0v) is 21.6. The lowest BCUT2D eigenvalue weighted by molar-refractivity contribution is -0.0968. The van der Waals surface area contributed by atoms with E-state index in [1.165, 1.54) is 89.9 Å². The van der Waals surface area contributed by atoms with Gasteiger partial charge in [-0.2, -0.15) is 0 Å². The number of rotatable bonds is 5. The van der Waals surface area contributed by atoms with E-state index in [1.807, 2.05) is 13.0 Å². The Morgan fingerprint density at radius 3 is 1.67 bits per heavy atom. The van der Waals surface area contributed by atoms with Crippen molar-refractivity contribution in [2.75, 3.05) is 6.61 Å². The van der Waals surface area contributed by atoms with Gasteiger partial charge in [-0.3, -0.25) is 0 Å². The number of allylic oxidation sites excluding steroid dienone is 1. The molecular formula is C31H52O2. The second-order valence-corrected chi connectivity index (χ2v) is 12.1. The number of fused-ring (bicyclic) bond motifs is 3. The molecule has 2 nitrogen and oxygen atoms in total. The number of hydrogen-bond donors (Lipinski definition) is 1. The predicted molar refractivity (Wildman–Crippen MR) is 139 cm³/mol. The van der Waals surface area contributed by atoms with Gasteiger partial charge in [-0.05, 0) is 125 Å². The van der Waals surface area contributed by atoms with Gasteiger partial charge >= 0.3 is 0 Å². The highest BCUT2D eigenvalue weighted by Crippen LogP contribution is 2.71. The van der Waals surface area contributed by atoms with Crippen molar-refractivity contribution < 1.29 is 9.84 Å². The average Bonchev–Trinajstić information content (AvgIpc) is 3.15. The standard InChI is InChI=1S/C28H46O2.C3H6/c1-2-19-30-23-17-13-21(14-18-23)28(20-11-15-22(29)16-12-20)26-9-5-3-7-24(26)25-8-4-6-10-27(25)28;1-3-2/h2,20-27,29H,1,3-19H2;3H,1H2,2H3. The molecule has 0 heterocycles. The van der Waals surface area contributed by atoms with E-state index < -0.39 is 0 Å². The van der Waals surface area contributed by atoms with Gasteiger partial charge in [-0.1, -0.05) is 37.8 Å². The van der Waals surface area contributed by atoms with E-state index in [1.54, 1.807) is 6.08 Å². The quantitative estimate of drug-likeness (QED) is 0.423. The van der Waals surface area contributed by atoms with Crippen molar-refractivity contribution in [3.8, 4) is 0 Å². The van der Waals surface area contributed by atoms with Gasteiger partial charge in [0, 0.05) is 0 Å². The van der Waals surface area contributed by atoms with Crippen LogP contribution in [0.5, 0.6) is 0 Å². The van der Waals surface area contributed by atoms with E-state index in [9.17, 15) is 5.11 Å². The Balaban J connectivity index is 0.000000821. The van der Waals surface area contributed by atoms with Gasteiger partial charge in [-0.15, -0.1) is 13.2 Å². The molecule has 0 bridgehead atoms. The molecule has 0 aromatic carbocycles. The highest BCUT2D eigenvalue weighted by atomic mass is 16.5. The van der Waals surface area contributed by atoms with Gasteiger partial charge in [0.2, 0.25) is 0 Å². The Labute approximate surface area is 204 Å². The van der Waals surface area contributed by atoms with Gasteiger partial charge in [0.05, 0.1) is 18.8 Å². The summed E-state index contributed by atoms with van der Waals surface area (Å²) < 4.78 is 6.10. The zero-order valence-electron chi connectivity index (χ0n) is 21.6. The molecule has 0 amide bonds. The maximum absolute atomic E-state index is 10.3. The topological polar surface area (TPSA) is 29.5 Å². The summed E-state index contributed by atoms with van der Waals surface area (Å²) in [5.74, 6) is 5.86. The number of ether oxygens (including phenoxy) is 1. The number of hydrogen-bond acceptors (Lipinski definition) is 2. The smallest absolute Gasteiger partial charge is 0.0648 e. The molecule has 5 rings (SSSR count). The van der Waals surface area contributed by atoms with Crippen LogP contribution in [0.3, 0.4) is 0 Å². The summed E-state index contributed by atoms with van der Waals surface area (Å²) in [6.07, 6.45) is 26.2. The molecule has 0 radical (unpaired) electrons. The summed E-state index contributed by atoms with van der Waals surface area (Å²) in [6, 6.07) is 0. The van der Waals surface area contributed by atoms with Crippen molar-refractivity contribution in [1.29, 1.82) is 0 Å². The molecule has 0 aromatic rings. The first-order valence-corrected chi connectivity index (χ1v) is 14.6. The fraction of sp³-hybridized carbons (Fsp3) is 0.871. The first kappa shape index (κ1) is 25.5. The predicted octanol–water partition coefficient (Wildman–Crippen LogP) is 8.10. The van der Waals surface area contributed by atoms with Crippen LogP contribution in [0.1, 0.15) is 110 Å². The molecule has 4 atom stereocenters. The van der Waals surface area contributed by atoms with Crippen LogP contribution in [0.15, 0.2) is 25.3 Å². The van der Waals surface area contributed by atoms with Crippen LogP contribution in [0.4, 0.5) is 0 Å². The Kier molecular flexibility index (Phi) is 9.19. The molecule has 0 spiro atoms. The van der Waals surface area contributed by atoms with E-state index in [-0.39, 0.29) is 6.10 Å². The fourth-order valence-electron chi connectivity index (χ4n) is 9.91. The normalized spacial score (nSPS) is 45.2. The van der Waals surface area contributed by atoms with Gasteiger partial charge in [0.1, 0.15) is 0 Å². The van der Waals surface area contributed by atoms with Crippen LogP contribution in [0.25, 0.3) is 0 Å². The van der Waals surface area contributed by atoms with E-state index in [4.69, 9.17) is 4.74 Å².